The molecule has 1 heterocycles. The van der Waals surface area contributed by atoms with Crippen LogP contribution < -0.4 is 5.32 Å². The number of nitrogens with one attached hydrogen (secondary N) is 2. The highest BCUT2D eigenvalue weighted by atomic mass is 16.5. The first-order chi connectivity index (χ1) is 10.0. The zero-order valence-corrected chi connectivity index (χ0v) is 12.3. The fourth-order valence-electron chi connectivity index (χ4n) is 2.15. The number of H-pyrrole nitrogens is 1. The Kier molecular flexibility index (Phi) is 4.57. The molecule has 0 aliphatic carbocycles. The van der Waals surface area contributed by atoms with Gasteiger partial charge in [-0.05, 0) is 30.5 Å². The number of carbonyl (C=O) groups is 2. The van der Waals surface area contributed by atoms with Crippen molar-refractivity contribution < 1.29 is 14.3 Å². The van der Waals surface area contributed by atoms with Gasteiger partial charge in [-0.15, -0.1) is 0 Å². The summed E-state index contributed by atoms with van der Waals surface area (Å²) in [6.45, 7) is 3.97. The average Bonchev–Trinajstić information content (AvgIpc) is 2.92. The lowest BCUT2D eigenvalue weighted by Crippen LogP contribution is -2.42. The van der Waals surface area contributed by atoms with Crippen LogP contribution in [-0.2, 0) is 9.53 Å². The molecule has 21 heavy (non-hydrogen) atoms. The largest absolute Gasteiger partial charge is 0.467 e. The number of carbonyl (C=O) groups excluding carboxylic acids is 2. The van der Waals surface area contributed by atoms with Gasteiger partial charge < -0.3 is 15.0 Å². The molecule has 0 aliphatic heterocycles. The Hall–Kier alpha value is -2.37. The van der Waals surface area contributed by atoms with E-state index in [1.807, 2.05) is 13.8 Å². The molecule has 0 spiro atoms. The van der Waals surface area contributed by atoms with E-state index in [0.29, 0.717) is 12.0 Å². The van der Waals surface area contributed by atoms with Crippen molar-refractivity contribution in [3.8, 4) is 0 Å². The normalized spacial score (nSPS) is 12.4. The van der Waals surface area contributed by atoms with Gasteiger partial charge in [0.2, 0.25) is 0 Å². The van der Waals surface area contributed by atoms with Gasteiger partial charge in [0.25, 0.3) is 5.91 Å². The highest BCUT2D eigenvalue weighted by Crippen LogP contribution is 2.13. The zero-order chi connectivity index (χ0) is 15.4. The Morgan fingerprint density at radius 2 is 2.14 bits per heavy atom. The number of hydrogen-bond acceptors (Lipinski definition) is 4. The Morgan fingerprint density at radius 3 is 2.81 bits per heavy atom. The van der Waals surface area contributed by atoms with Crippen LogP contribution in [-0.4, -0.2) is 35.0 Å². The summed E-state index contributed by atoms with van der Waals surface area (Å²) < 4.78 is 4.74. The molecule has 6 nitrogen and oxygen atoms in total. The summed E-state index contributed by atoms with van der Waals surface area (Å²) >= 11 is 0. The Bertz CT molecular complexity index is 648. The van der Waals surface area contributed by atoms with Crippen molar-refractivity contribution in [3.63, 3.8) is 0 Å². The van der Waals surface area contributed by atoms with Crippen molar-refractivity contribution in [3.05, 3.63) is 30.1 Å². The zero-order valence-electron chi connectivity index (χ0n) is 12.3. The van der Waals surface area contributed by atoms with Crippen LogP contribution in [0.15, 0.2) is 24.5 Å². The highest BCUT2D eigenvalue weighted by Gasteiger charge is 2.23. The van der Waals surface area contributed by atoms with E-state index in [1.54, 1.807) is 24.5 Å². The van der Waals surface area contributed by atoms with Crippen molar-refractivity contribution in [1.82, 2.24) is 15.3 Å². The first-order valence-corrected chi connectivity index (χ1v) is 6.83. The Balaban J connectivity index is 2.15. The fourth-order valence-corrected chi connectivity index (χ4v) is 2.15. The molecule has 1 aromatic heterocycles. The van der Waals surface area contributed by atoms with Crippen molar-refractivity contribution >= 4 is 22.9 Å². The lowest BCUT2D eigenvalue weighted by Gasteiger charge is -2.18. The highest BCUT2D eigenvalue weighted by molar-refractivity contribution is 5.99. The molecule has 1 unspecified atom stereocenters. The van der Waals surface area contributed by atoms with E-state index in [4.69, 9.17) is 4.74 Å². The third-order valence-electron chi connectivity index (χ3n) is 3.18. The molecule has 112 valence electrons. The number of hydrogen-bond donors (Lipinski definition) is 2. The predicted octanol–water partition coefficient (Wildman–Crippen LogP) is 1.88. The van der Waals surface area contributed by atoms with Crippen molar-refractivity contribution in [2.45, 2.75) is 26.3 Å². The number of amides is 1. The van der Waals surface area contributed by atoms with Gasteiger partial charge in [0, 0.05) is 5.56 Å². The number of aromatic amines is 1. The van der Waals surface area contributed by atoms with Crippen LogP contribution >= 0.6 is 0 Å². The van der Waals surface area contributed by atoms with E-state index >= 15 is 0 Å². The van der Waals surface area contributed by atoms with Crippen LogP contribution in [0.3, 0.4) is 0 Å². The summed E-state index contributed by atoms with van der Waals surface area (Å²) in [5.74, 6) is -0.466. The van der Waals surface area contributed by atoms with Gasteiger partial charge in [-0.2, -0.15) is 0 Å². The molecule has 0 bridgehead atoms. The maximum atomic E-state index is 12.3. The summed E-state index contributed by atoms with van der Waals surface area (Å²) in [5.41, 5.74) is 2.05. The van der Waals surface area contributed by atoms with Crippen molar-refractivity contribution in [2.24, 2.45) is 5.92 Å². The Morgan fingerprint density at radius 1 is 1.38 bits per heavy atom. The summed E-state index contributed by atoms with van der Waals surface area (Å²) in [6.07, 6.45) is 2.10. The molecule has 0 aliphatic rings. The number of imidazole rings is 1. The van der Waals surface area contributed by atoms with Gasteiger partial charge in [0.15, 0.2) is 0 Å². The van der Waals surface area contributed by atoms with Crippen LogP contribution in [0.25, 0.3) is 11.0 Å². The number of esters is 1. The minimum Gasteiger partial charge on any atom is -0.467 e. The maximum Gasteiger partial charge on any atom is 0.328 e. The number of methoxy groups -OCH3 is 1. The lowest BCUT2D eigenvalue weighted by atomic mass is 10.0. The van der Waals surface area contributed by atoms with Crippen molar-refractivity contribution in [1.29, 1.82) is 0 Å². The predicted molar refractivity (Wildman–Crippen MR) is 78.8 cm³/mol. The summed E-state index contributed by atoms with van der Waals surface area (Å²) in [7, 11) is 1.32. The molecule has 2 aromatic rings. The quantitative estimate of drug-likeness (QED) is 0.823. The number of nitrogens with zero attached hydrogens (tertiary/aromatic N) is 1. The van der Waals surface area contributed by atoms with Gasteiger partial charge in [0.1, 0.15) is 6.04 Å². The van der Waals surface area contributed by atoms with Gasteiger partial charge in [-0.3, -0.25) is 4.79 Å². The van der Waals surface area contributed by atoms with E-state index < -0.39 is 12.0 Å². The standard InChI is InChI=1S/C15H19N3O3/c1-9(2)6-13(15(20)21-3)18-14(19)10-4-5-11-12(7-10)17-8-16-11/h4-5,7-9,13H,6H2,1-3H3,(H,16,17)(H,18,19). The van der Waals surface area contributed by atoms with Gasteiger partial charge in [-0.25, -0.2) is 9.78 Å². The fraction of sp³-hybridized carbons (Fsp3) is 0.400. The second-order valence-electron chi connectivity index (χ2n) is 5.31. The van der Waals surface area contributed by atoms with Crippen LogP contribution in [0.5, 0.6) is 0 Å². The summed E-state index contributed by atoms with van der Waals surface area (Å²) in [6, 6.07) is 4.51. The summed E-state index contributed by atoms with van der Waals surface area (Å²) in [5, 5.41) is 2.72. The molecule has 0 fully saturated rings. The van der Waals surface area contributed by atoms with Crippen LogP contribution in [0.4, 0.5) is 0 Å². The van der Waals surface area contributed by atoms with Crippen LogP contribution in [0.2, 0.25) is 0 Å². The minimum atomic E-state index is -0.639. The molecule has 2 N–H and O–H groups in total. The molecule has 1 atom stereocenters. The van der Waals surface area contributed by atoms with E-state index in [1.165, 1.54) is 7.11 Å². The third kappa shape index (κ3) is 3.59. The molecule has 0 radical (unpaired) electrons. The molecular weight excluding hydrogens is 270 g/mol. The number of fused-ring (bicyclic) bond motifs is 1. The lowest BCUT2D eigenvalue weighted by molar-refractivity contribution is -0.143. The van der Waals surface area contributed by atoms with E-state index in [9.17, 15) is 9.59 Å². The second-order valence-corrected chi connectivity index (χ2v) is 5.31. The molecule has 0 saturated heterocycles. The number of aromatic nitrogens is 2. The summed E-state index contributed by atoms with van der Waals surface area (Å²) in [4.78, 5) is 31.1. The molecule has 6 heteroatoms. The van der Waals surface area contributed by atoms with E-state index in [2.05, 4.69) is 15.3 Å². The van der Waals surface area contributed by atoms with E-state index in [-0.39, 0.29) is 11.8 Å². The molecule has 1 aromatic carbocycles. The smallest absolute Gasteiger partial charge is 0.328 e. The monoisotopic (exact) mass is 289 g/mol. The number of ether oxygens (including phenoxy) is 1. The average molecular weight is 289 g/mol. The van der Waals surface area contributed by atoms with E-state index in [0.717, 1.165) is 11.0 Å². The topological polar surface area (TPSA) is 84.1 Å². The van der Waals surface area contributed by atoms with Crippen LogP contribution in [0.1, 0.15) is 30.6 Å². The van der Waals surface area contributed by atoms with Crippen LogP contribution in [0, 0.1) is 5.92 Å². The first-order valence-electron chi connectivity index (χ1n) is 6.83. The minimum absolute atomic E-state index is 0.268. The molecular formula is C15H19N3O3. The SMILES string of the molecule is COC(=O)C(CC(C)C)NC(=O)c1ccc2nc[nH]c2c1. The third-order valence-corrected chi connectivity index (χ3v) is 3.18. The van der Waals surface area contributed by atoms with Crippen molar-refractivity contribution in [2.75, 3.05) is 7.11 Å². The van der Waals surface area contributed by atoms with Gasteiger partial charge in [-0.1, -0.05) is 13.8 Å². The second kappa shape index (κ2) is 6.39. The van der Waals surface area contributed by atoms with Gasteiger partial charge in [0.05, 0.1) is 24.5 Å². The molecule has 1 amide bonds. The maximum absolute atomic E-state index is 12.3. The number of rotatable bonds is 5. The Labute approximate surface area is 122 Å². The molecule has 2 rings (SSSR count). The molecule has 0 saturated carbocycles. The number of benzene rings is 1. The van der Waals surface area contributed by atoms with Gasteiger partial charge >= 0.3 is 5.97 Å². The first kappa shape index (κ1) is 15.0.